The molecule has 2 unspecified atom stereocenters. The molecule has 1 saturated heterocycles. The van der Waals surface area contributed by atoms with E-state index in [-0.39, 0.29) is 24.4 Å². The minimum atomic E-state index is -0.777. The molecule has 2 rings (SSSR count). The molecule has 1 aliphatic carbocycles. The summed E-state index contributed by atoms with van der Waals surface area (Å²) in [4.78, 5) is 25.1. The highest BCUT2D eigenvalue weighted by molar-refractivity contribution is 5.81. The van der Waals surface area contributed by atoms with E-state index in [0.717, 1.165) is 32.2 Å². The summed E-state index contributed by atoms with van der Waals surface area (Å²) in [5, 5.41) is 12.0. The second-order valence-electron chi connectivity index (χ2n) is 5.80. The average molecular weight is 268 g/mol. The van der Waals surface area contributed by atoms with Crippen LogP contribution < -0.4 is 5.32 Å². The van der Waals surface area contributed by atoms with Crippen molar-refractivity contribution in [3.8, 4) is 0 Å². The second-order valence-corrected chi connectivity index (χ2v) is 5.80. The molecule has 0 radical (unpaired) electrons. The predicted molar refractivity (Wildman–Crippen MR) is 71.8 cm³/mol. The summed E-state index contributed by atoms with van der Waals surface area (Å²) in [7, 11) is 0. The molecule has 1 aliphatic heterocycles. The first-order valence-corrected chi connectivity index (χ1v) is 7.36. The van der Waals surface area contributed by atoms with Crippen molar-refractivity contribution in [1.82, 2.24) is 10.2 Å². The molecule has 0 aromatic carbocycles. The van der Waals surface area contributed by atoms with Crippen LogP contribution in [0.3, 0.4) is 0 Å². The Morgan fingerprint density at radius 1 is 1.26 bits per heavy atom. The largest absolute Gasteiger partial charge is 0.481 e. The van der Waals surface area contributed by atoms with Gasteiger partial charge >= 0.3 is 5.97 Å². The fourth-order valence-electron chi connectivity index (χ4n) is 3.33. The van der Waals surface area contributed by atoms with Gasteiger partial charge in [0.25, 0.3) is 0 Å². The zero-order valence-corrected chi connectivity index (χ0v) is 11.6. The number of hydrogen-bond acceptors (Lipinski definition) is 3. The van der Waals surface area contributed by atoms with Crippen molar-refractivity contribution in [3.63, 3.8) is 0 Å². The van der Waals surface area contributed by atoms with E-state index in [9.17, 15) is 9.59 Å². The van der Waals surface area contributed by atoms with Crippen molar-refractivity contribution in [1.29, 1.82) is 0 Å². The van der Waals surface area contributed by atoms with E-state index >= 15 is 0 Å². The first kappa shape index (κ1) is 14.3. The van der Waals surface area contributed by atoms with Crippen LogP contribution in [0.15, 0.2) is 0 Å². The van der Waals surface area contributed by atoms with Gasteiger partial charge in [0.15, 0.2) is 0 Å². The minimum Gasteiger partial charge on any atom is -0.481 e. The Bertz CT molecular complexity index is 340. The summed E-state index contributed by atoms with van der Waals surface area (Å²) in [6, 6.07) is 0.129. The molecule has 108 valence electrons. The van der Waals surface area contributed by atoms with Gasteiger partial charge in [0.2, 0.25) is 5.91 Å². The van der Waals surface area contributed by atoms with Crippen LogP contribution in [0.5, 0.6) is 0 Å². The average Bonchev–Trinajstić information content (AvgIpc) is 2.98. The number of nitrogens with zero attached hydrogens (tertiary/aromatic N) is 1. The second kappa shape index (κ2) is 6.37. The van der Waals surface area contributed by atoms with Gasteiger partial charge in [-0.25, -0.2) is 0 Å². The summed E-state index contributed by atoms with van der Waals surface area (Å²) < 4.78 is 0. The number of amides is 1. The van der Waals surface area contributed by atoms with Crippen LogP contribution in [0.25, 0.3) is 0 Å². The molecule has 1 heterocycles. The van der Waals surface area contributed by atoms with Crippen molar-refractivity contribution in [3.05, 3.63) is 0 Å². The highest BCUT2D eigenvalue weighted by Crippen LogP contribution is 2.23. The number of carbonyl (C=O) groups excluding carboxylic acids is 1. The molecule has 2 N–H and O–H groups in total. The molecule has 5 heteroatoms. The number of aliphatic carboxylic acids is 1. The Labute approximate surface area is 114 Å². The molecule has 1 saturated carbocycles. The molecule has 0 aromatic rings. The van der Waals surface area contributed by atoms with Gasteiger partial charge in [0.05, 0.1) is 12.5 Å². The summed E-state index contributed by atoms with van der Waals surface area (Å²) >= 11 is 0. The lowest BCUT2D eigenvalue weighted by atomic mass is 10.1. The smallest absolute Gasteiger partial charge is 0.304 e. The first-order chi connectivity index (χ1) is 9.08. The number of likely N-dealkylation sites (tertiary alicyclic amines) is 1. The SMILES string of the molecule is CC(C(=O)NC1CCCC1)N1CCCC1CC(=O)O. The molecule has 2 aliphatic rings. The quantitative estimate of drug-likeness (QED) is 0.790. The Morgan fingerprint density at radius 3 is 2.58 bits per heavy atom. The van der Waals surface area contributed by atoms with E-state index in [2.05, 4.69) is 10.2 Å². The summed E-state index contributed by atoms with van der Waals surface area (Å²) in [6.45, 7) is 2.72. The summed E-state index contributed by atoms with van der Waals surface area (Å²) in [5.74, 6) is -0.718. The van der Waals surface area contributed by atoms with Crippen molar-refractivity contribution in [2.45, 2.75) is 70.0 Å². The highest BCUT2D eigenvalue weighted by Gasteiger charge is 2.33. The van der Waals surface area contributed by atoms with Crippen LogP contribution in [-0.2, 0) is 9.59 Å². The van der Waals surface area contributed by atoms with E-state index in [1.165, 1.54) is 12.8 Å². The van der Waals surface area contributed by atoms with Gasteiger partial charge in [-0.05, 0) is 39.2 Å². The molecule has 2 atom stereocenters. The standard InChI is InChI=1S/C14H24N2O3/c1-10(14(19)15-11-5-2-3-6-11)16-8-4-7-12(16)9-13(17)18/h10-12H,2-9H2,1H3,(H,15,19)(H,17,18). The minimum absolute atomic E-state index is 0.0156. The number of carbonyl (C=O) groups is 2. The van der Waals surface area contributed by atoms with Crippen LogP contribution in [0, 0.1) is 0 Å². The van der Waals surface area contributed by atoms with E-state index in [4.69, 9.17) is 5.11 Å². The monoisotopic (exact) mass is 268 g/mol. The van der Waals surface area contributed by atoms with Crippen molar-refractivity contribution in [2.75, 3.05) is 6.54 Å². The molecule has 0 bridgehead atoms. The highest BCUT2D eigenvalue weighted by atomic mass is 16.4. The normalized spacial score (nSPS) is 26.5. The van der Waals surface area contributed by atoms with Gasteiger partial charge in [-0.1, -0.05) is 12.8 Å². The van der Waals surface area contributed by atoms with E-state index < -0.39 is 5.97 Å². The van der Waals surface area contributed by atoms with E-state index in [0.29, 0.717) is 6.04 Å². The number of nitrogens with one attached hydrogen (secondary N) is 1. The van der Waals surface area contributed by atoms with Crippen LogP contribution >= 0.6 is 0 Å². The molecular formula is C14H24N2O3. The Kier molecular flexibility index (Phi) is 4.80. The molecule has 0 spiro atoms. The maximum absolute atomic E-state index is 12.2. The van der Waals surface area contributed by atoms with Gasteiger partial charge in [0, 0.05) is 12.1 Å². The topological polar surface area (TPSA) is 69.6 Å². The molecule has 2 fully saturated rings. The van der Waals surface area contributed by atoms with E-state index in [1.807, 2.05) is 6.92 Å². The van der Waals surface area contributed by atoms with Gasteiger partial charge in [-0.2, -0.15) is 0 Å². The van der Waals surface area contributed by atoms with Crippen LogP contribution in [0.4, 0.5) is 0 Å². The van der Waals surface area contributed by atoms with Crippen LogP contribution in [0.2, 0.25) is 0 Å². The first-order valence-electron chi connectivity index (χ1n) is 7.36. The molecular weight excluding hydrogens is 244 g/mol. The van der Waals surface area contributed by atoms with Gasteiger partial charge in [-0.3, -0.25) is 14.5 Å². The Morgan fingerprint density at radius 2 is 1.95 bits per heavy atom. The maximum Gasteiger partial charge on any atom is 0.304 e. The van der Waals surface area contributed by atoms with Crippen molar-refractivity contribution < 1.29 is 14.7 Å². The molecule has 0 aromatic heterocycles. The summed E-state index contributed by atoms with van der Waals surface area (Å²) in [5.41, 5.74) is 0. The van der Waals surface area contributed by atoms with E-state index in [1.54, 1.807) is 0 Å². The van der Waals surface area contributed by atoms with Gasteiger partial charge in [-0.15, -0.1) is 0 Å². The zero-order chi connectivity index (χ0) is 13.8. The maximum atomic E-state index is 12.2. The Hall–Kier alpha value is -1.10. The molecule has 19 heavy (non-hydrogen) atoms. The predicted octanol–water partition coefficient (Wildman–Crippen LogP) is 1.37. The van der Waals surface area contributed by atoms with Crippen molar-refractivity contribution in [2.24, 2.45) is 0 Å². The lowest BCUT2D eigenvalue weighted by molar-refractivity contribution is -0.139. The zero-order valence-electron chi connectivity index (χ0n) is 11.6. The van der Waals surface area contributed by atoms with Gasteiger partial charge < -0.3 is 10.4 Å². The third-order valence-corrected chi connectivity index (χ3v) is 4.41. The van der Waals surface area contributed by atoms with Crippen LogP contribution in [-0.4, -0.2) is 46.6 Å². The number of rotatable bonds is 5. The Balaban J connectivity index is 1.87. The fraction of sp³-hybridized carbons (Fsp3) is 0.857. The van der Waals surface area contributed by atoms with Crippen LogP contribution in [0.1, 0.15) is 51.9 Å². The molecule has 5 nitrogen and oxygen atoms in total. The lowest BCUT2D eigenvalue weighted by Gasteiger charge is -2.29. The summed E-state index contributed by atoms with van der Waals surface area (Å²) in [6.07, 6.45) is 6.57. The third-order valence-electron chi connectivity index (χ3n) is 4.41. The fourth-order valence-corrected chi connectivity index (χ4v) is 3.33. The number of carboxylic acids is 1. The lowest BCUT2D eigenvalue weighted by Crippen LogP contribution is -2.49. The molecule has 1 amide bonds. The number of hydrogen-bond donors (Lipinski definition) is 2. The number of carboxylic acid groups (broad SMARTS) is 1. The third kappa shape index (κ3) is 3.69. The van der Waals surface area contributed by atoms with Gasteiger partial charge in [0.1, 0.15) is 0 Å². The van der Waals surface area contributed by atoms with Crippen molar-refractivity contribution >= 4 is 11.9 Å².